The van der Waals surface area contributed by atoms with Gasteiger partial charge in [-0.05, 0) is 56.7 Å². The summed E-state index contributed by atoms with van der Waals surface area (Å²) in [6.45, 7) is 0.252. The van der Waals surface area contributed by atoms with E-state index in [1.807, 2.05) is 30.3 Å². The van der Waals surface area contributed by atoms with E-state index in [1.54, 1.807) is 22.9 Å². The van der Waals surface area contributed by atoms with Crippen molar-refractivity contribution in [2.45, 2.75) is 6.61 Å². The number of rotatable bonds is 4. The molecule has 0 radical (unpaired) electrons. The van der Waals surface area contributed by atoms with Gasteiger partial charge in [0.2, 0.25) is 0 Å². The lowest BCUT2D eigenvalue weighted by molar-refractivity contribution is 0.290. The highest BCUT2D eigenvalue weighted by molar-refractivity contribution is 9.10. The van der Waals surface area contributed by atoms with Crippen LogP contribution in [-0.2, 0) is 6.61 Å². The molecule has 0 aliphatic heterocycles. The standard InChI is InChI=1S/C14H10BrClN4O/c15-12-8-10(16)6-7-13(12)21-9-14-17-18-19-20(14)11-4-2-1-3-5-11/h1-8H,9H2. The first kappa shape index (κ1) is 14.0. The molecule has 106 valence electrons. The zero-order valence-electron chi connectivity index (χ0n) is 10.8. The number of nitrogens with zero attached hydrogens (tertiary/aromatic N) is 4. The van der Waals surface area contributed by atoms with Crippen LogP contribution in [0.15, 0.2) is 53.0 Å². The SMILES string of the molecule is Clc1ccc(OCc2nnnn2-c2ccccc2)c(Br)c1. The molecule has 0 saturated heterocycles. The summed E-state index contributed by atoms with van der Waals surface area (Å²) in [5, 5.41) is 12.3. The van der Waals surface area contributed by atoms with Gasteiger partial charge in [0.15, 0.2) is 5.82 Å². The summed E-state index contributed by atoms with van der Waals surface area (Å²) in [5.74, 6) is 1.30. The molecule has 0 fully saturated rings. The summed E-state index contributed by atoms with van der Waals surface area (Å²) in [6.07, 6.45) is 0. The molecule has 0 atom stereocenters. The van der Waals surface area contributed by atoms with Crippen LogP contribution in [0.3, 0.4) is 0 Å². The van der Waals surface area contributed by atoms with E-state index in [1.165, 1.54) is 0 Å². The van der Waals surface area contributed by atoms with E-state index in [-0.39, 0.29) is 6.61 Å². The molecule has 0 bridgehead atoms. The van der Waals surface area contributed by atoms with Gasteiger partial charge < -0.3 is 4.74 Å². The van der Waals surface area contributed by atoms with Gasteiger partial charge >= 0.3 is 0 Å². The Morgan fingerprint density at radius 2 is 1.95 bits per heavy atom. The topological polar surface area (TPSA) is 52.8 Å². The molecule has 0 amide bonds. The van der Waals surface area contributed by atoms with E-state index in [0.29, 0.717) is 16.6 Å². The highest BCUT2D eigenvalue weighted by Crippen LogP contribution is 2.28. The van der Waals surface area contributed by atoms with E-state index in [2.05, 4.69) is 31.5 Å². The maximum atomic E-state index is 5.90. The van der Waals surface area contributed by atoms with Gasteiger partial charge in [0, 0.05) is 5.02 Å². The summed E-state index contributed by atoms with van der Waals surface area (Å²) < 4.78 is 8.16. The third-order valence-electron chi connectivity index (χ3n) is 2.79. The summed E-state index contributed by atoms with van der Waals surface area (Å²) in [5.41, 5.74) is 0.885. The second kappa shape index (κ2) is 6.24. The molecular weight excluding hydrogens is 356 g/mol. The van der Waals surface area contributed by atoms with Crippen LogP contribution in [0, 0.1) is 0 Å². The third kappa shape index (κ3) is 3.22. The Balaban J connectivity index is 1.79. The van der Waals surface area contributed by atoms with Gasteiger partial charge in [-0.15, -0.1) is 5.10 Å². The molecule has 21 heavy (non-hydrogen) atoms. The van der Waals surface area contributed by atoms with Crippen LogP contribution in [0.25, 0.3) is 5.69 Å². The van der Waals surface area contributed by atoms with Crippen molar-refractivity contribution >= 4 is 27.5 Å². The second-order valence-electron chi connectivity index (χ2n) is 4.21. The number of hydrogen-bond donors (Lipinski definition) is 0. The molecule has 3 aromatic rings. The molecule has 0 N–H and O–H groups in total. The van der Waals surface area contributed by atoms with Crippen molar-refractivity contribution in [2.24, 2.45) is 0 Å². The number of halogens is 2. The second-order valence-corrected chi connectivity index (χ2v) is 5.50. The molecular formula is C14H10BrClN4O. The van der Waals surface area contributed by atoms with Crippen molar-refractivity contribution in [3.8, 4) is 11.4 Å². The smallest absolute Gasteiger partial charge is 0.194 e. The molecule has 2 aromatic carbocycles. The molecule has 0 aliphatic carbocycles. The van der Waals surface area contributed by atoms with Crippen LogP contribution >= 0.6 is 27.5 Å². The monoisotopic (exact) mass is 364 g/mol. The Morgan fingerprint density at radius 1 is 1.14 bits per heavy atom. The average Bonchev–Trinajstić information content (AvgIpc) is 2.96. The van der Waals surface area contributed by atoms with E-state index in [9.17, 15) is 0 Å². The van der Waals surface area contributed by atoms with E-state index in [4.69, 9.17) is 16.3 Å². The summed E-state index contributed by atoms with van der Waals surface area (Å²) in [6, 6.07) is 15.0. The molecule has 0 spiro atoms. The van der Waals surface area contributed by atoms with Crippen molar-refractivity contribution < 1.29 is 4.74 Å². The third-order valence-corrected chi connectivity index (χ3v) is 3.64. The maximum absolute atomic E-state index is 5.90. The fourth-order valence-corrected chi connectivity index (χ4v) is 2.60. The van der Waals surface area contributed by atoms with Crippen LogP contribution < -0.4 is 4.74 Å². The number of benzene rings is 2. The van der Waals surface area contributed by atoms with Crippen molar-refractivity contribution in [1.29, 1.82) is 0 Å². The average molecular weight is 366 g/mol. The van der Waals surface area contributed by atoms with Gasteiger partial charge in [-0.2, -0.15) is 4.68 Å². The molecule has 0 saturated carbocycles. The minimum Gasteiger partial charge on any atom is -0.484 e. The van der Waals surface area contributed by atoms with E-state index >= 15 is 0 Å². The van der Waals surface area contributed by atoms with Crippen LogP contribution in [0.5, 0.6) is 5.75 Å². The van der Waals surface area contributed by atoms with Crippen LogP contribution in [0.4, 0.5) is 0 Å². The quantitative estimate of drug-likeness (QED) is 0.708. The fourth-order valence-electron chi connectivity index (χ4n) is 1.80. The molecule has 1 heterocycles. The fraction of sp³-hybridized carbons (Fsp3) is 0.0714. The van der Waals surface area contributed by atoms with E-state index in [0.717, 1.165) is 10.2 Å². The number of para-hydroxylation sites is 1. The van der Waals surface area contributed by atoms with Gasteiger partial charge in [0.1, 0.15) is 12.4 Å². The van der Waals surface area contributed by atoms with Gasteiger partial charge in [-0.25, -0.2) is 0 Å². The number of tetrazole rings is 1. The Kier molecular flexibility index (Phi) is 4.17. The summed E-state index contributed by atoms with van der Waals surface area (Å²) >= 11 is 9.31. The van der Waals surface area contributed by atoms with Gasteiger partial charge in [-0.1, -0.05) is 29.8 Å². The Labute approximate surface area is 134 Å². The first-order chi connectivity index (χ1) is 10.2. The molecule has 1 aromatic heterocycles. The van der Waals surface area contributed by atoms with Gasteiger partial charge in [0.05, 0.1) is 10.2 Å². The molecule has 0 unspecified atom stereocenters. The first-order valence-corrected chi connectivity index (χ1v) is 7.31. The Hall–Kier alpha value is -1.92. The van der Waals surface area contributed by atoms with Crippen molar-refractivity contribution in [3.63, 3.8) is 0 Å². The normalized spacial score (nSPS) is 10.6. The Bertz CT molecular complexity index is 748. The lowest BCUT2D eigenvalue weighted by atomic mass is 10.3. The molecule has 5 nitrogen and oxygen atoms in total. The predicted octanol–water partition coefficient (Wildman–Crippen LogP) is 3.66. The lowest BCUT2D eigenvalue weighted by Crippen LogP contribution is -2.07. The summed E-state index contributed by atoms with van der Waals surface area (Å²) in [4.78, 5) is 0. The zero-order chi connectivity index (χ0) is 14.7. The summed E-state index contributed by atoms with van der Waals surface area (Å²) in [7, 11) is 0. The first-order valence-electron chi connectivity index (χ1n) is 6.14. The molecule has 0 aliphatic rings. The number of ether oxygens (including phenoxy) is 1. The minimum absolute atomic E-state index is 0.252. The van der Waals surface area contributed by atoms with Crippen LogP contribution in [0.1, 0.15) is 5.82 Å². The zero-order valence-corrected chi connectivity index (χ0v) is 13.1. The minimum atomic E-state index is 0.252. The van der Waals surface area contributed by atoms with Crippen molar-refractivity contribution in [1.82, 2.24) is 20.2 Å². The van der Waals surface area contributed by atoms with Crippen LogP contribution in [-0.4, -0.2) is 20.2 Å². The van der Waals surface area contributed by atoms with Crippen molar-refractivity contribution in [2.75, 3.05) is 0 Å². The van der Waals surface area contributed by atoms with Crippen molar-refractivity contribution in [3.05, 3.63) is 63.9 Å². The lowest BCUT2D eigenvalue weighted by Gasteiger charge is -2.08. The number of hydrogen-bond acceptors (Lipinski definition) is 4. The highest BCUT2D eigenvalue weighted by atomic mass is 79.9. The van der Waals surface area contributed by atoms with E-state index < -0.39 is 0 Å². The van der Waals surface area contributed by atoms with Gasteiger partial charge in [0.25, 0.3) is 0 Å². The predicted molar refractivity (Wildman–Crippen MR) is 82.6 cm³/mol. The van der Waals surface area contributed by atoms with Crippen LogP contribution in [0.2, 0.25) is 5.02 Å². The van der Waals surface area contributed by atoms with Gasteiger partial charge in [-0.3, -0.25) is 0 Å². The number of aromatic nitrogens is 4. The largest absolute Gasteiger partial charge is 0.484 e. The maximum Gasteiger partial charge on any atom is 0.194 e. The molecule has 7 heteroatoms. The molecule has 3 rings (SSSR count). The highest BCUT2D eigenvalue weighted by Gasteiger charge is 2.10. The Morgan fingerprint density at radius 3 is 2.71 bits per heavy atom.